The highest BCUT2D eigenvalue weighted by molar-refractivity contribution is 5.75. The van der Waals surface area contributed by atoms with Crippen LogP contribution >= 0.6 is 0 Å². The van der Waals surface area contributed by atoms with Crippen LogP contribution in [0.3, 0.4) is 0 Å². The lowest BCUT2D eigenvalue weighted by Gasteiger charge is -2.22. The highest BCUT2D eigenvalue weighted by atomic mass is 16.5. The Morgan fingerprint density at radius 3 is 2.56 bits per heavy atom. The Kier molecular flexibility index (Phi) is 8.01. The van der Waals surface area contributed by atoms with Crippen LogP contribution in [0, 0.1) is 5.92 Å². The van der Waals surface area contributed by atoms with Gasteiger partial charge < -0.3 is 15.0 Å². The zero-order valence-electron chi connectivity index (χ0n) is 11.9. The summed E-state index contributed by atoms with van der Waals surface area (Å²) in [7, 11) is 0. The predicted octanol–water partition coefficient (Wildman–Crippen LogP) is 1.65. The van der Waals surface area contributed by atoms with Gasteiger partial charge in [-0.05, 0) is 38.3 Å². The fraction of sp³-hybridized carbons (Fsp3) is 0.929. The number of carbonyl (C=O) groups is 1. The first-order chi connectivity index (χ1) is 8.76. The summed E-state index contributed by atoms with van der Waals surface area (Å²) in [4.78, 5) is 14.0. The molecule has 0 radical (unpaired) electrons. The number of hydrogen-bond acceptors (Lipinski definition) is 3. The van der Waals surface area contributed by atoms with Gasteiger partial charge in [0.1, 0.15) is 0 Å². The van der Waals surface area contributed by atoms with Crippen LogP contribution < -0.4 is 5.32 Å². The molecule has 1 heterocycles. The molecule has 106 valence electrons. The number of carbonyl (C=O) groups excluding carboxylic acids is 1. The molecular weight excluding hydrogens is 228 g/mol. The van der Waals surface area contributed by atoms with E-state index in [0.29, 0.717) is 12.3 Å². The highest BCUT2D eigenvalue weighted by Crippen LogP contribution is 2.19. The maximum Gasteiger partial charge on any atom is 0.220 e. The summed E-state index contributed by atoms with van der Waals surface area (Å²) < 4.78 is 5.32. The molecule has 4 nitrogen and oxygen atoms in total. The molecule has 0 saturated carbocycles. The minimum Gasteiger partial charge on any atom is -0.381 e. The topological polar surface area (TPSA) is 41.6 Å². The van der Waals surface area contributed by atoms with E-state index in [1.54, 1.807) is 0 Å². The van der Waals surface area contributed by atoms with Crippen molar-refractivity contribution in [3.8, 4) is 0 Å². The Morgan fingerprint density at radius 1 is 1.28 bits per heavy atom. The van der Waals surface area contributed by atoms with Crippen molar-refractivity contribution in [2.75, 3.05) is 39.4 Å². The van der Waals surface area contributed by atoms with Crippen molar-refractivity contribution < 1.29 is 9.53 Å². The Morgan fingerprint density at radius 2 is 1.94 bits per heavy atom. The summed E-state index contributed by atoms with van der Waals surface area (Å²) in [5.74, 6) is 0.890. The first kappa shape index (κ1) is 15.4. The third-order valence-electron chi connectivity index (χ3n) is 3.77. The number of amides is 1. The summed E-state index contributed by atoms with van der Waals surface area (Å²) in [6.07, 6.45) is 3.92. The van der Waals surface area contributed by atoms with E-state index in [0.717, 1.165) is 58.7 Å². The van der Waals surface area contributed by atoms with Crippen LogP contribution in [0.4, 0.5) is 0 Å². The lowest BCUT2D eigenvalue weighted by Crippen LogP contribution is -2.35. The monoisotopic (exact) mass is 256 g/mol. The van der Waals surface area contributed by atoms with Gasteiger partial charge in [-0.2, -0.15) is 0 Å². The average molecular weight is 256 g/mol. The molecule has 0 atom stereocenters. The van der Waals surface area contributed by atoms with Crippen LogP contribution in [0.25, 0.3) is 0 Å². The number of nitrogens with zero attached hydrogens (tertiary/aromatic N) is 1. The van der Waals surface area contributed by atoms with E-state index in [-0.39, 0.29) is 5.91 Å². The average Bonchev–Trinajstić information content (AvgIpc) is 2.42. The van der Waals surface area contributed by atoms with Crippen LogP contribution in [-0.2, 0) is 9.53 Å². The van der Waals surface area contributed by atoms with Crippen molar-refractivity contribution in [2.24, 2.45) is 5.92 Å². The Hall–Kier alpha value is -0.610. The molecular formula is C14H28N2O2. The normalized spacial score (nSPS) is 17.1. The molecule has 1 amide bonds. The van der Waals surface area contributed by atoms with Crippen molar-refractivity contribution >= 4 is 5.91 Å². The molecule has 0 aliphatic carbocycles. The van der Waals surface area contributed by atoms with Gasteiger partial charge in [-0.15, -0.1) is 0 Å². The van der Waals surface area contributed by atoms with Crippen LogP contribution in [0.15, 0.2) is 0 Å². The summed E-state index contributed by atoms with van der Waals surface area (Å²) in [5, 5.41) is 3.01. The standard InChI is InChI=1S/C14H28N2O2/c1-3-16(4-2)10-9-15-14(17)6-5-13-7-11-18-12-8-13/h13H,3-12H2,1-2H3,(H,15,17). The van der Waals surface area contributed by atoms with Gasteiger partial charge >= 0.3 is 0 Å². The smallest absolute Gasteiger partial charge is 0.220 e. The van der Waals surface area contributed by atoms with Gasteiger partial charge in [0.05, 0.1) is 0 Å². The first-order valence-electron chi connectivity index (χ1n) is 7.33. The molecule has 1 rings (SSSR count). The van der Waals surface area contributed by atoms with Crippen LogP contribution in [0.1, 0.15) is 39.5 Å². The molecule has 1 aliphatic heterocycles. The molecule has 0 aromatic rings. The number of hydrogen-bond donors (Lipinski definition) is 1. The molecule has 1 aliphatic rings. The second-order valence-electron chi connectivity index (χ2n) is 4.97. The summed E-state index contributed by atoms with van der Waals surface area (Å²) >= 11 is 0. The number of nitrogens with one attached hydrogen (secondary N) is 1. The SMILES string of the molecule is CCN(CC)CCNC(=O)CCC1CCOCC1. The van der Waals surface area contributed by atoms with Gasteiger partial charge in [-0.3, -0.25) is 4.79 Å². The van der Waals surface area contributed by atoms with Crippen LogP contribution in [0.2, 0.25) is 0 Å². The van der Waals surface area contributed by atoms with E-state index in [1.165, 1.54) is 0 Å². The fourth-order valence-electron chi connectivity index (χ4n) is 2.35. The molecule has 0 aromatic heterocycles. The van der Waals surface area contributed by atoms with Gasteiger partial charge in [0.15, 0.2) is 0 Å². The van der Waals surface area contributed by atoms with Crippen molar-refractivity contribution in [3.63, 3.8) is 0 Å². The van der Waals surface area contributed by atoms with Gasteiger partial charge in [-0.25, -0.2) is 0 Å². The zero-order chi connectivity index (χ0) is 13.2. The second kappa shape index (κ2) is 9.34. The molecule has 1 fully saturated rings. The molecule has 1 saturated heterocycles. The third-order valence-corrected chi connectivity index (χ3v) is 3.77. The molecule has 0 spiro atoms. The van der Waals surface area contributed by atoms with E-state index in [2.05, 4.69) is 24.1 Å². The molecule has 1 N–H and O–H groups in total. The van der Waals surface area contributed by atoms with E-state index in [4.69, 9.17) is 4.74 Å². The highest BCUT2D eigenvalue weighted by Gasteiger charge is 2.14. The first-order valence-corrected chi connectivity index (χ1v) is 7.33. The number of likely N-dealkylation sites (N-methyl/N-ethyl adjacent to an activating group) is 1. The maximum absolute atomic E-state index is 11.7. The Bertz CT molecular complexity index is 224. The lowest BCUT2D eigenvalue weighted by atomic mass is 9.95. The molecule has 4 heteroatoms. The molecule has 18 heavy (non-hydrogen) atoms. The van der Waals surface area contributed by atoms with E-state index < -0.39 is 0 Å². The number of rotatable bonds is 8. The van der Waals surface area contributed by atoms with Crippen molar-refractivity contribution in [1.82, 2.24) is 10.2 Å². The quantitative estimate of drug-likeness (QED) is 0.718. The van der Waals surface area contributed by atoms with Gasteiger partial charge in [-0.1, -0.05) is 13.8 Å². The van der Waals surface area contributed by atoms with E-state index in [1.807, 2.05) is 0 Å². The predicted molar refractivity (Wildman–Crippen MR) is 73.6 cm³/mol. The van der Waals surface area contributed by atoms with Crippen molar-refractivity contribution in [3.05, 3.63) is 0 Å². The van der Waals surface area contributed by atoms with Crippen LogP contribution in [-0.4, -0.2) is 50.2 Å². The van der Waals surface area contributed by atoms with E-state index in [9.17, 15) is 4.79 Å². The summed E-state index contributed by atoms with van der Waals surface area (Å²) in [5.41, 5.74) is 0. The minimum atomic E-state index is 0.202. The van der Waals surface area contributed by atoms with Gasteiger partial charge in [0, 0.05) is 32.7 Å². The minimum absolute atomic E-state index is 0.202. The second-order valence-corrected chi connectivity index (χ2v) is 4.97. The van der Waals surface area contributed by atoms with Crippen molar-refractivity contribution in [2.45, 2.75) is 39.5 Å². The van der Waals surface area contributed by atoms with Crippen LogP contribution in [0.5, 0.6) is 0 Å². The third kappa shape index (κ3) is 6.36. The lowest BCUT2D eigenvalue weighted by molar-refractivity contribution is -0.121. The van der Waals surface area contributed by atoms with E-state index >= 15 is 0 Å². The van der Waals surface area contributed by atoms with Gasteiger partial charge in [0.25, 0.3) is 0 Å². The largest absolute Gasteiger partial charge is 0.381 e. The summed E-state index contributed by atoms with van der Waals surface area (Å²) in [6.45, 7) is 9.86. The molecule has 0 bridgehead atoms. The maximum atomic E-state index is 11.7. The Balaban J connectivity index is 2.02. The summed E-state index contributed by atoms with van der Waals surface area (Å²) in [6, 6.07) is 0. The number of ether oxygens (including phenoxy) is 1. The van der Waals surface area contributed by atoms with Crippen molar-refractivity contribution in [1.29, 1.82) is 0 Å². The van der Waals surface area contributed by atoms with Gasteiger partial charge in [0.2, 0.25) is 5.91 Å². The fourth-order valence-corrected chi connectivity index (χ4v) is 2.35. The molecule has 0 unspecified atom stereocenters. The zero-order valence-corrected chi connectivity index (χ0v) is 11.9. The molecule has 0 aromatic carbocycles. The Labute approximate surface area is 111 Å².